The number of hydrogen-bond donors (Lipinski definition) is 0. The van der Waals surface area contributed by atoms with Crippen LogP contribution in [0.3, 0.4) is 0 Å². The second-order valence-electron chi connectivity index (χ2n) is 10.8. The standard InChI is InChI=1S/2C17H12F3.C2H6Si.2ClH.Zr/c2*1-11-9-13-3-2-4-15(16(13)10-11)12-5-7-14(8-6-12)17(18,19)20;1-3-2;;;/h2*2-10H,1H3;1-2H3;2*1H;/q2*-1;;;;+2/p-2. The minimum Gasteiger partial charge on any atom is -1.00 e. The zero-order chi connectivity index (χ0) is 32.2. The number of halogens is 8. The van der Waals surface area contributed by atoms with Gasteiger partial charge in [0.2, 0.25) is 0 Å². The molecule has 0 aromatic heterocycles. The largest absolute Gasteiger partial charge is 1.00 e. The summed E-state index contributed by atoms with van der Waals surface area (Å²) in [6, 6.07) is 30.6. The third kappa shape index (κ3) is 10.2. The van der Waals surface area contributed by atoms with E-state index < -0.39 is 23.5 Å². The Kier molecular flexibility index (Phi) is 14.1. The summed E-state index contributed by atoms with van der Waals surface area (Å²) in [4.78, 5) is 0. The maximum Gasteiger partial charge on any atom is 0.416 e. The summed E-state index contributed by atoms with van der Waals surface area (Å²) in [7, 11) is 0. The number of hydrogen-bond acceptors (Lipinski definition) is 0. The van der Waals surface area contributed by atoms with Gasteiger partial charge in [-0.05, 0) is 35.4 Å². The number of aryl methyl sites for hydroxylation is 2. The van der Waals surface area contributed by atoms with Crippen molar-refractivity contribution in [1.29, 1.82) is 0 Å². The fourth-order valence-corrected chi connectivity index (χ4v) is 4.95. The molecule has 6 aromatic carbocycles. The summed E-state index contributed by atoms with van der Waals surface area (Å²) in [5.41, 5.74) is 4.80. The van der Waals surface area contributed by atoms with E-state index in [0.717, 1.165) is 79.2 Å². The van der Waals surface area contributed by atoms with Crippen molar-refractivity contribution in [2.75, 3.05) is 0 Å². The molecule has 46 heavy (non-hydrogen) atoms. The van der Waals surface area contributed by atoms with Crippen molar-refractivity contribution < 1.29 is 74.5 Å². The van der Waals surface area contributed by atoms with E-state index in [-0.39, 0.29) is 30.2 Å². The Labute approximate surface area is 292 Å². The maximum absolute atomic E-state index is 12.6. The van der Waals surface area contributed by atoms with Crippen LogP contribution in [0.2, 0.25) is 13.1 Å². The number of alkyl halides is 6. The van der Waals surface area contributed by atoms with Crippen molar-refractivity contribution in [3.8, 4) is 22.3 Å². The van der Waals surface area contributed by atoms with Crippen LogP contribution < -0.4 is 24.8 Å². The molecule has 0 saturated carbocycles. The van der Waals surface area contributed by atoms with Gasteiger partial charge in [0.25, 0.3) is 0 Å². The summed E-state index contributed by atoms with van der Waals surface area (Å²) >= 11 is 1.74. The summed E-state index contributed by atoms with van der Waals surface area (Å²) < 4.78 is 75.5. The van der Waals surface area contributed by atoms with Gasteiger partial charge in [0.15, 0.2) is 0 Å². The number of benzene rings is 4. The third-order valence-electron chi connectivity index (χ3n) is 6.84. The molecule has 0 saturated heterocycles. The van der Waals surface area contributed by atoms with Crippen LogP contribution in [-0.4, -0.2) is 5.43 Å². The SMILES string of the molecule is C[Si](C)=[Zr+2].Cc1cc2c(-c3ccc(C(F)(F)F)cc3)cccc2[cH-]1.Cc1cc2c(-c3ccc(C(F)(F)F)cc3)cccc2[cH-]1.[Cl-].[Cl-]. The fraction of sp³-hybridized carbons (Fsp3) is 0.167. The van der Waals surface area contributed by atoms with Crippen molar-refractivity contribution in [1.82, 2.24) is 0 Å². The molecule has 0 aliphatic carbocycles. The van der Waals surface area contributed by atoms with E-state index in [1.165, 1.54) is 24.3 Å². The van der Waals surface area contributed by atoms with Crippen LogP contribution in [0.5, 0.6) is 0 Å². The predicted octanol–water partition coefficient (Wildman–Crippen LogP) is 5.90. The van der Waals surface area contributed by atoms with Crippen molar-refractivity contribution in [2.45, 2.75) is 39.3 Å². The molecule has 0 N–H and O–H groups in total. The number of fused-ring (bicyclic) bond motifs is 2. The zero-order valence-corrected chi connectivity index (χ0v) is 30.4. The molecule has 240 valence electrons. The molecule has 0 aliphatic heterocycles. The minimum atomic E-state index is -4.29. The van der Waals surface area contributed by atoms with Gasteiger partial charge in [-0.3, -0.25) is 0 Å². The molecule has 0 amide bonds. The minimum absolute atomic E-state index is 0. The molecule has 0 bridgehead atoms. The molecule has 6 rings (SSSR count). The fourth-order valence-electron chi connectivity index (χ4n) is 4.95. The van der Waals surface area contributed by atoms with Gasteiger partial charge >= 0.3 is 54.2 Å². The van der Waals surface area contributed by atoms with E-state index >= 15 is 0 Å². The third-order valence-corrected chi connectivity index (χ3v) is 6.84. The number of rotatable bonds is 2. The zero-order valence-electron chi connectivity index (χ0n) is 25.4. The van der Waals surface area contributed by atoms with Crippen LogP contribution in [0.4, 0.5) is 26.3 Å². The van der Waals surface area contributed by atoms with Gasteiger partial charge in [-0.2, -0.15) is 38.5 Å². The van der Waals surface area contributed by atoms with E-state index in [2.05, 4.69) is 37.4 Å². The van der Waals surface area contributed by atoms with Crippen LogP contribution in [0.15, 0.2) is 109 Å². The van der Waals surface area contributed by atoms with Crippen molar-refractivity contribution >= 4 is 27.0 Å². The summed E-state index contributed by atoms with van der Waals surface area (Å²) in [5.74, 6) is 0. The van der Waals surface area contributed by atoms with Gasteiger partial charge in [-0.15, -0.1) is 69.1 Å². The van der Waals surface area contributed by atoms with E-state index in [9.17, 15) is 26.3 Å². The Bertz CT molecular complexity index is 1750. The molecule has 0 aliphatic rings. The Morgan fingerprint density at radius 1 is 0.543 bits per heavy atom. The average molecular weight is 767 g/mol. The first-order valence-corrected chi connectivity index (χ1v) is 20.0. The molecule has 0 heterocycles. The van der Waals surface area contributed by atoms with Gasteiger partial charge in [-0.25, -0.2) is 0 Å². The Balaban J connectivity index is 0.000000276. The summed E-state index contributed by atoms with van der Waals surface area (Å²) in [6.07, 6.45) is -8.58. The topological polar surface area (TPSA) is 0 Å². The van der Waals surface area contributed by atoms with Gasteiger partial charge in [0.1, 0.15) is 0 Å². The molecular formula is C36H30Cl2F6SiZr-2. The molecule has 6 aromatic rings. The second-order valence-corrected chi connectivity index (χ2v) is 20.2. The normalized spacial score (nSPS) is 11.0. The van der Waals surface area contributed by atoms with Crippen LogP contribution in [-0.2, 0) is 35.7 Å². The van der Waals surface area contributed by atoms with E-state index in [1.54, 1.807) is 23.3 Å². The molecule has 0 atom stereocenters. The Hall–Kier alpha value is -2.64. The second kappa shape index (κ2) is 16.5. The monoisotopic (exact) mass is 764 g/mol. The van der Waals surface area contributed by atoms with E-state index in [1.807, 2.05) is 50.2 Å². The van der Waals surface area contributed by atoms with Gasteiger partial charge in [0.05, 0.1) is 11.1 Å². The molecule has 0 radical (unpaired) electrons. The molecule has 0 unspecified atom stereocenters. The van der Waals surface area contributed by atoms with Crippen LogP contribution in [0.1, 0.15) is 22.3 Å². The Morgan fingerprint density at radius 3 is 1.13 bits per heavy atom. The van der Waals surface area contributed by atoms with Gasteiger partial charge in [-0.1, -0.05) is 61.4 Å². The quantitative estimate of drug-likeness (QED) is 0.117. The van der Waals surface area contributed by atoms with Crippen LogP contribution >= 0.6 is 0 Å². The van der Waals surface area contributed by atoms with Crippen molar-refractivity contribution in [3.63, 3.8) is 0 Å². The van der Waals surface area contributed by atoms with E-state index in [0.29, 0.717) is 0 Å². The molecule has 10 heteroatoms. The van der Waals surface area contributed by atoms with Crippen molar-refractivity contribution in [3.05, 3.63) is 131 Å². The predicted molar refractivity (Wildman–Crippen MR) is 167 cm³/mol. The smallest absolute Gasteiger partial charge is 0.416 e. The first kappa shape index (κ1) is 39.5. The molecular weight excluding hydrogens is 737 g/mol. The first-order chi connectivity index (χ1) is 20.6. The summed E-state index contributed by atoms with van der Waals surface area (Å²) in [5, 5.41) is 4.37. The van der Waals surface area contributed by atoms with Gasteiger partial charge < -0.3 is 24.8 Å². The van der Waals surface area contributed by atoms with Crippen LogP contribution in [0.25, 0.3) is 43.8 Å². The van der Waals surface area contributed by atoms with E-state index in [4.69, 9.17) is 0 Å². The maximum atomic E-state index is 12.6. The molecule has 0 spiro atoms. The van der Waals surface area contributed by atoms with Crippen LogP contribution in [0, 0.1) is 13.8 Å². The Morgan fingerprint density at radius 2 is 0.848 bits per heavy atom. The van der Waals surface area contributed by atoms with Gasteiger partial charge in [0, 0.05) is 0 Å². The van der Waals surface area contributed by atoms with Crippen molar-refractivity contribution in [2.24, 2.45) is 0 Å². The molecule has 0 fully saturated rings. The average Bonchev–Trinajstić information content (AvgIpc) is 3.53. The first-order valence-electron chi connectivity index (χ1n) is 13.8. The molecule has 0 nitrogen and oxygen atoms in total. The summed E-state index contributed by atoms with van der Waals surface area (Å²) in [6.45, 7) is 8.64.